The lowest BCUT2D eigenvalue weighted by Crippen LogP contribution is -2.36. The van der Waals surface area contributed by atoms with Crippen molar-refractivity contribution >= 4 is 17.5 Å². The Balaban J connectivity index is 1.69. The highest BCUT2D eigenvalue weighted by Crippen LogP contribution is 2.28. The molecule has 1 aromatic carbocycles. The molecule has 0 aliphatic heterocycles. The van der Waals surface area contributed by atoms with Gasteiger partial charge in [0.15, 0.2) is 0 Å². The number of benzene rings is 1. The van der Waals surface area contributed by atoms with Gasteiger partial charge in [0.05, 0.1) is 18.2 Å². The quantitative estimate of drug-likeness (QED) is 0.871. The minimum atomic E-state index is -0.196. The Bertz CT molecular complexity index is 684. The van der Waals surface area contributed by atoms with Gasteiger partial charge in [0.25, 0.3) is 5.91 Å². The maximum absolute atomic E-state index is 12.6. The number of aromatic nitrogens is 3. The standard InChI is InChI=1S/C17H21ClN4O2/c1-12(9-22-11-19-10-20-22)21-17(23)15-8-13(18)6-7-16(15)24-14-4-2-3-5-14/h6-8,10-12,14H,2-5,9H2,1H3,(H,21,23)/t12-/m0/s1. The predicted octanol–water partition coefficient (Wildman–Crippen LogP) is 3.07. The molecule has 1 amide bonds. The van der Waals surface area contributed by atoms with Crippen LogP contribution in [0.25, 0.3) is 0 Å². The largest absolute Gasteiger partial charge is 0.490 e. The second-order valence-corrected chi connectivity index (χ2v) is 6.59. The van der Waals surface area contributed by atoms with Gasteiger partial charge in [-0.25, -0.2) is 4.98 Å². The van der Waals surface area contributed by atoms with E-state index in [0.29, 0.717) is 22.9 Å². The molecule has 128 valence electrons. The summed E-state index contributed by atoms with van der Waals surface area (Å²) in [6, 6.07) is 5.08. The summed E-state index contributed by atoms with van der Waals surface area (Å²) in [4.78, 5) is 16.5. The molecule has 3 rings (SSSR count). The van der Waals surface area contributed by atoms with Gasteiger partial charge in [-0.1, -0.05) is 11.6 Å². The van der Waals surface area contributed by atoms with Gasteiger partial charge in [-0.2, -0.15) is 5.10 Å². The third kappa shape index (κ3) is 4.26. The molecule has 6 nitrogen and oxygen atoms in total. The van der Waals surface area contributed by atoms with E-state index in [1.807, 2.05) is 6.92 Å². The van der Waals surface area contributed by atoms with E-state index in [0.717, 1.165) is 12.8 Å². The summed E-state index contributed by atoms with van der Waals surface area (Å²) >= 11 is 6.07. The molecule has 0 spiro atoms. The number of ether oxygens (including phenoxy) is 1. The van der Waals surface area contributed by atoms with Crippen LogP contribution < -0.4 is 10.1 Å². The van der Waals surface area contributed by atoms with Gasteiger partial charge in [0.2, 0.25) is 0 Å². The van der Waals surface area contributed by atoms with Crippen LogP contribution in [0.4, 0.5) is 0 Å². The van der Waals surface area contributed by atoms with E-state index in [1.165, 1.54) is 19.2 Å². The van der Waals surface area contributed by atoms with Crippen LogP contribution in [0.5, 0.6) is 5.75 Å². The van der Waals surface area contributed by atoms with Crippen molar-refractivity contribution in [2.45, 2.75) is 51.3 Å². The Kier molecular flexibility index (Phi) is 5.35. The fourth-order valence-electron chi connectivity index (χ4n) is 2.92. The molecule has 1 fully saturated rings. The van der Waals surface area contributed by atoms with Crippen molar-refractivity contribution in [3.63, 3.8) is 0 Å². The van der Waals surface area contributed by atoms with Crippen LogP contribution in [0.15, 0.2) is 30.9 Å². The van der Waals surface area contributed by atoms with Gasteiger partial charge in [0.1, 0.15) is 18.4 Å². The van der Waals surface area contributed by atoms with Crippen molar-refractivity contribution in [2.75, 3.05) is 0 Å². The van der Waals surface area contributed by atoms with Gasteiger partial charge < -0.3 is 10.1 Å². The molecule has 1 aromatic heterocycles. The Hall–Kier alpha value is -2.08. The van der Waals surface area contributed by atoms with Crippen molar-refractivity contribution in [2.24, 2.45) is 0 Å². The summed E-state index contributed by atoms with van der Waals surface area (Å²) in [5.41, 5.74) is 0.472. The number of carbonyl (C=O) groups is 1. The molecule has 1 N–H and O–H groups in total. The van der Waals surface area contributed by atoms with Crippen LogP contribution in [0.1, 0.15) is 43.0 Å². The van der Waals surface area contributed by atoms with Crippen molar-refractivity contribution in [3.05, 3.63) is 41.4 Å². The second kappa shape index (κ2) is 7.66. The van der Waals surface area contributed by atoms with Crippen LogP contribution in [-0.4, -0.2) is 32.8 Å². The van der Waals surface area contributed by atoms with E-state index >= 15 is 0 Å². The lowest BCUT2D eigenvalue weighted by molar-refractivity contribution is 0.0928. The van der Waals surface area contributed by atoms with Crippen molar-refractivity contribution in [3.8, 4) is 5.75 Å². The highest BCUT2D eigenvalue weighted by molar-refractivity contribution is 6.31. The molecule has 0 saturated heterocycles. The Morgan fingerprint density at radius 1 is 1.46 bits per heavy atom. The first-order chi connectivity index (χ1) is 11.6. The number of nitrogens with one attached hydrogen (secondary N) is 1. The van der Waals surface area contributed by atoms with Crippen molar-refractivity contribution in [1.82, 2.24) is 20.1 Å². The molecule has 24 heavy (non-hydrogen) atoms. The van der Waals surface area contributed by atoms with Crippen LogP contribution in [0.2, 0.25) is 5.02 Å². The van der Waals surface area contributed by atoms with E-state index in [1.54, 1.807) is 29.2 Å². The van der Waals surface area contributed by atoms with E-state index in [-0.39, 0.29) is 18.1 Å². The minimum absolute atomic E-state index is 0.0995. The summed E-state index contributed by atoms with van der Waals surface area (Å²) in [6.45, 7) is 2.47. The Morgan fingerprint density at radius 2 is 2.25 bits per heavy atom. The molecule has 1 saturated carbocycles. The molecule has 1 aliphatic rings. The molecule has 0 bridgehead atoms. The maximum Gasteiger partial charge on any atom is 0.255 e. The number of hydrogen-bond donors (Lipinski definition) is 1. The highest BCUT2D eigenvalue weighted by atomic mass is 35.5. The molecular formula is C17H21ClN4O2. The molecule has 0 unspecified atom stereocenters. The molecule has 1 atom stereocenters. The minimum Gasteiger partial charge on any atom is -0.490 e. The molecule has 1 aliphatic carbocycles. The molecular weight excluding hydrogens is 328 g/mol. The maximum atomic E-state index is 12.6. The average molecular weight is 349 g/mol. The summed E-state index contributed by atoms with van der Waals surface area (Å²) < 4.78 is 7.70. The zero-order valence-corrected chi connectivity index (χ0v) is 14.4. The molecule has 1 heterocycles. The monoisotopic (exact) mass is 348 g/mol. The van der Waals surface area contributed by atoms with E-state index < -0.39 is 0 Å². The highest BCUT2D eigenvalue weighted by Gasteiger charge is 2.21. The summed E-state index contributed by atoms with van der Waals surface area (Å²) in [6.07, 6.45) is 7.70. The lowest BCUT2D eigenvalue weighted by atomic mass is 10.1. The number of rotatable bonds is 6. The van der Waals surface area contributed by atoms with Gasteiger partial charge >= 0.3 is 0 Å². The van der Waals surface area contributed by atoms with E-state index in [9.17, 15) is 4.79 Å². The fourth-order valence-corrected chi connectivity index (χ4v) is 3.10. The first kappa shape index (κ1) is 16.8. The van der Waals surface area contributed by atoms with Crippen LogP contribution >= 0.6 is 11.6 Å². The SMILES string of the molecule is C[C@@H](Cn1cncn1)NC(=O)c1cc(Cl)ccc1OC1CCCC1. The van der Waals surface area contributed by atoms with Crippen LogP contribution in [0.3, 0.4) is 0 Å². The van der Waals surface area contributed by atoms with Crippen LogP contribution in [0, 0.1) is 0 Å². The summed E-state index contributed by atoms with van der Waals surface area (Å²) in [5.74, 6) is 0.398. The van der Waals surface area contributed by atoms with Crippen molar-refractivity contribution in [1.29, 1.82) is 0 Å². The number of amides is 1. The fraction of sp³-hybridized carbons (Fsp3) is 0.471. The first-order valence-corrected chi connectivity index (χ1v) is 8.59. The average Bonchev–Trinajstić information content (AvgIpc) is 3.22. The number of hydrogen-bond acceptors (Lipinski definition) is 4. The second-order valence-electron chi connectivity index (χ2n) is 6.16. The summed E-state index contributed by atoms with van der Waals surface area (Å²) in [7, 11) is 0. The Labute approximate surface area is 146 Å². The molecule has 7 heteroatoms. The predicted molar refractivity (Wildman–Crippen MR) is 91.3 cm³/mol. The van der Waals surface area contributed by atoms with Gasteiger partial charge in [-0.15, -0.1) is 0 Å². The smallest absolute Gasteiger partial charge is 0.255 e. The van der Waals surface area contributed by atoms with Gasteiger partial charge in [0, 0.05) is 11.1 Å². The topological polar surface area (TPSA) is 69.0 Å². The summed E-state index contributed by atoms with van der Waals surface area (Å²) in [5, 5.41) is 7.52. The number of nitrogens with zero attached hydrogens (tertiary/aromatic N) is 3. The zero-order chi connectivity index (χ0) is 16.9. The number of carbonyl (C=O) groups excluding carboxylic acids is 1. The lowest BCUT2D eigenvalue weighted by Gasteiger charge is -2.18. The van der Waals surface area contributed by atoms with E-state index in [2.05, 4.69) is 15.4 Å². The van der Waals surface area contributed by atoms with E-state index in [4.69, 9.17) is 16.3 Å². The zero-order valence-electron chi connectivity index (χ0n) is 13.6. The van der Waals surface area contributed by atoms with Gasteiger partial charge in [-0.3, -0.25) is 9.48 Å². The van der Waals surface area contributed by atoms with Crippen LogP contribution in [-0.2, 0) is 6.54 Å². The van der Waals surface area contributed by atoms with Gasteiger partial charge in [-0.05, 0) is 50.8 Å². The third-order valence-electron chi connectivity index (χ3n) is 4.09. The molecule has 2 aromatic rings. The number of halogens is 1. The normalized spacial score (nSPS) is 16.1. The Morgan fingerprint density at radius 3 is 2.96 bits per heavy atom. The first-order valence-electron chi connectivity index (χ1n) is 8.21. The molecule has 0 radical (unpaired) electrons. The van der Waals surface area contributed by atoms with Crippen molar-refractivity contribution < 1.29 is 9.53 Å². The third-order valence-corrected chi connectivity index (χ3v) is 4.32.